The lowest BCUT2D eigenvalue weighted by atomic mass is 9.65. The van der Waals surface area contributed by atoms with E-state index in [4.69, 9.17) is 4.74 Å². The maximum absolute atomic E-state index is 13.4. The normalized spacial score (nSPS) is 22.8. The molecule has 1 heterocycles. The standard InChI is InChI=1S/C27H29NO4S/c1-4-22-14-15-27(24(18-22)19-32-26(29)23-8-6-5-7-9-23)16-17-28(21(27)3)33(30,31)25-12-10-20(2)11-13-25/h4-13,18,24H,1,3,14-17,19H2,2H3/t24-,27-/m1/s1. The molecule has 0 amide bonds. The maximum Gasteiger partial charge on any atom is 0.338 e. The molecule has 0 aromatic heterocycles. The van der Waals surface area contributed by atoms with Crippen LogP contribution in [0.3, 0.4) is 0 Å². The van der Waals surface area contributed by atoms with Crippen molar-refractivity contribution in [2.75, 3.05) is 13.2 Å². The number of ether oxygens (including phenoxy) is 1. The first-order chi connectivity index (χ1) is 15.8. The lowest BCUT2D eigenvalue weighted by Gasteiger charge is -2.40. The van der Waals surface area contributed by atoms with E-state index in [1.807, 2.05) is 19.1 Å². The minimum atomic E-state index is -3.71. The number of allylic oxidation sites excluding steroid dienone is 3. The highest BCUT2D eigenvalue weighted by atomic mass is 32.2. The average Bonchev–Trinajstić information content (AvgIpc) is 3.16. The van der Waals surface area contributed by atoms with Gasteiger partial charge in [0, 0.05) is 23.6 Å². The van der Waals surface area contributed by atoms with Gasteiger partial charge < -0.3 is 4.74 Å². The lowest BCUT2D eigenvalue weighted by molar-refractivity contribution is 0.0361. The average molecular weight is 464 g/mol. The number of benzene rings is 2. The molecule has 2 aliphatic rings. The quantitative estimate of drug-likeness (QED) is 0.548. The minimum absolute atomic E-state index is 0.155. The van der Waals surface area contributed by atoms with Gasteiger partial charge in [-0.3, -0.25) is 4.31 Å². The predicted octanol–water partition coefficient (Wildman–Crippen LogP) is 5.27. The summed E-state index contributed by atoms with van der Waals surface area (Å²) in [5, 5.41) is 0. The van der Waals surface area contributed by atoms with Crippen LogP contribution in [0.15, 0.2) is 96.1 Å². The summed E-state index contributed by atoms with van der Waals surface area (Å²) in [5.74, 6) is -0.574. The number of hydrogen-bond acceptors (Lipinski definition) is 4. The van der Waals surface area contributed by atoms with Crippen LogP contribution in [-0.2, 0) is 14.8 Å². The number of carbonyl (C=O) groups excluding carboxylic acids is 1. The summed E-state index contributed by atoms with van der Waals surface area (Å²) in [5.41, 5.74) is 2.66. The first-order valence-electron chi connectivity index (χ1n) is 11.1. The molecule has 5 nitrogen and oxygen atoms in total. The second kappa shape index (κ2) is 9.02. The zero-order valence-corrected chi connectivity index (χ0v) is 19.7. The maximum atomic E-state index is 13.4. The predicted molar refractivity (Wildman–Crippen MR) is 129 cm³/mol. The molecule has 1 aliphatic carbocycles. The summed E-state index contributed by atoms with van der Waals surface area (Å²) in [4.78, 5) is 12.8. The Balaban J connectivity index is 1.60. The molecule has 172 valence electrons. The molecule has 0 radical (unpaired) electrons. The number of nitrogens with zero attached hydrogens (tertiary/aromatic N) is 1. The molecule has 1 saturated heterocycles. The van der Waals surface area contributed by atoms with Crippen LogP contribution in [-0.4, -0.2) is 31.8 Å². The Bertz CT molecular complexity index is 1200. The van der Waals surface area contributed by atoms with E-state index in [1.54, 1.807) is 48.5 Å². The summed E-state index contributed by atoms with van der Waals surface area (Å²) < 4.78 is 33.9. The molecule has 0 bridgehead atoms. The van der Waals surface area contributed by atoms with Crippen molar-refractivity contribution in [3.63, 3.8) is 0 Å². The Morgan fingerprint density at radius 1 is 1.15 bits per heavy atom. The number of hydrogen-bond donors (Lipinski definition) is 0. The van der Waals surface area contributed by atoms with Crippen LogP contribution in [0, 0.1) is 18.3 Å². The van der Waals surface area contributed by atoms with E-state index < -0.39 is 21.4 Å². The van der Waals surface area contributed by atoms with Crippen molar-refractivity contribution in [1.29, 1.82) is 0 Å². The molecule has 1 spiro atoms. The van der Waals surface area contributed by atoms with Gasteiger partial charge in [-0.05, 0) is 50.5 Å². The van der Waals surface area contributed by atoms with Gasteiger partial charge in [0.2, 0.25) is 0 Å². The lowest BCUT2D eigenvalue weighted by Crippen LogP contribution is -2.37. The van der Waals surface area contributed by atoms with Gasteiger partial charge in [0.05, 0.1) is 17.1 Å². The van der Waals surface area contributed by atoms with Gasteiger partial charge in [0.1, 0.15) is 0 Å². The summed E-state index contributed by atoms with van der Waals surface area (Å²) in [6.45, 7) is 10.6. The van der Waals surface area contributed by atoms with Crippen LogP contribution in [0.1, 0.15) is 35.2 Å². The molecule has 0 unspecified atom stereocenters. The summed E-state index contributed by atoms with van der Waals surface area (Å²) in [7, 11) is -3.71. The second-order valence-electron chi connectivity index (χ2n) is 8.76. The SMILES string of the molecule is C=CC1=C[C@H](COC(=O)c2ccccc2)[C@]2(CC1)CCN(S(=O)(=O)c1ccc(C)cc1)C2=C. The smallest absolute Gasteiger partial charge is 0.338 e. The van der Waals surface area contributed by atoms with Gasteiger partial charge in [0.25, 0.3) is 10.0 Å². The van der Waals surface area contributed by atoms with E-state index in [2.05, 4.69) is 19.2 Å². The molecular weight excluding hydrogens is 434 g/mol. The van der Waals surface area contributed by atoms with Gasteiger partial charge in [-0.15, -0.1) is 0 Å². The van der Waals surface area contributed by atoms with Crippen LogP contribution in [0.2, 0.25) is 0 Å². The molecule has 33 heavy (non-hydrogen) atoms. The van der Waals surface area contributed by atoms with Gasteiger partial charge in [-0.1, -0.05) is 66.8 Å². The van der Waals surface area contributed by atoms with Crippen LogP contribution in [0.25, 0.3) is 0 Å². The van der Waals surface area contributed by atoms with E-state index in [-0.39, 0.29) is 17.4 Å². The number of esters is 1. The monoisotopic (exact) mass is 463 g/mol. The van der Waals surface area contributed by atoms with Crippen molar-refractivity contribution >= 4 is 16.0 Å². The van der Waals surface area contributed by atoms with Crippen molar-refractivity contribution in [2.24, 2.45) is 11.3 Å². The highest BCUT2D eigenvalue weighted by molar-refractivity contribution is 7.89. The Labute approximate surface area is 196 Å². The van der Waals surface area contributed by atoms with Gasteiger partial charge in [-0.25, -0.2) is 13.2 Å². The van der Waals surface area contributed by atoms with Crippen molar-refractivity contribution in [3.8, 4) is 0 Å². The molecule has 0 N–H and O–H groups in total. The first-order valence-corrected chi connectivity index (χ1v) is 12.6. The fourth-order valence-electron chi connectivity index (χ4n) is 4.85. The molecule has 4 rings (SSSR count). The molecule has 2 atom stereocenters. The fourth-order valence-corrected chi connectivity index (χ4v) is 6.39. The fraction of sp³-hybridized carbons (Fsp3) is 0.296. The molecule has 1 aliphatic heterocycles. The highest BCUT2D eigenvalue weighted by Gasteiger charge is 2.51. The first kappa shape index (κ1) is 23.1. The third kappa shape index (κ3) is 4.27. The van der Waals surface area contributed by atoms with Crippen LogP contribution in [0.5, 0.6) is 0 Å². The van der Waals surface area contributed by atoms with Crippen molar-refractivity contribution in [3.05, 3.63) is 102 Å². The zero-order chi connectivity index (χ0) is 23.6. The number of aryl methyl sites for hydroxylation is 1. The largest absolute Gasteiger partial charge is 0.461 e. The summed E-state index contributed by atoms with van der Waals surface area (Å²) in [6.07, 6.45) is 6.03. The minimum Gasteiger partial charge on any atom is -0.461 e. The molecule has 6 heteroatoms. The number of carbonyl (C=O) groups is 1. The van der Waals surface area contributed by atoms with Gasteiger partial charge in [-0.2, -0.15) is 0 Å². The molecule has 0 saturated carbocycles. The van der Waals surface area contributed by atoms with Crippen molar-refractivity contribution in [2.45, 2.75) is 31.1 Å². The van der Waals surface area contributed by atoms with E-state index in [9.17, 15) is 13.2 Å². The third-order valence-corrected chi connectivity index (χ3v) is 8.75. The van der Waals surface area contributed by atoms with Crippen molar-refractivity contribution < 1.29 is 17.9 Å². The number of sulfonamides is 1. The topological polar surface area (TPSA) is 63.7 Å². The van der Waals surface area contributed by atoms with Crippen LogP contribution < -0.4 is 0 Å². The Hall–Kier alpha value is -3.12. The highest BCUT2D eigenvalue weighted by Crippen LogP contribution is 2.54. The third-order valence-electron chi connectivity index (χ3n) is 6.90. The van der Waals surface area contributed by atoms with Crippen molar-refractivity contribution in [1.82, 2.24) is 4.31 Å². The van der Waals surface area contributed by atoms with E-state index in [0.717, 1.165) is 24.0 Å². The summed E-state index contributed by atoms with van der Waals surface area (Å²) >= 11 is 0. The van der Waals surface area contributed by atoms with E-state index in [0.29, 0.717) is 24.2 Å². The Morgan fingerprint density at radius 3 is 2.52 bits per heavy atom. The second-order valence-corrected chi connectivity index (χ2v) is 10.6. The molecule has 2 aromatic rings. The van der Waals surface area contributed by atoms with Crippen LogP contribution >= 0.6 is 0 Å². The zero-order valence-electron chi connectivity index (χ0n) is 18.9. The molecular formula is C27H29NO4S. The van der Waals surface area contributed by atoms with E-state index >= 15 is 0 Å². The Kier molecular flexibility index (Phi) is 6.30. The molecule has 1 fully saturated rings. The summed E-state index contributed by atoms with van der Waals surface area (Å²) in [6, 6.07) is 15.7. The van der Waals surface area contributed by atoms with Crippen LogP contribution in [0.4, 0.5) is 0 Å². The Morgan fingerprint density at radius 2 is 1.85 bits per heavy atom. The number of rotatable bonds is 6. The van der Waals surface area contributed by atoms with E-state index in [1.165, 1.54) is 4.31 Å². The molecule has 2 aromatic carbocycles. The van der Waals surface area contributed by atoms with Gasteiger partial charge >= 0.3 is 5.97 Å². The van der Waals surface area contributed by atoms with Gasteiger partial charge in [0.15, 0.2) is 0 Å².